The fourth-order valence-electron chi connectivity index (χ4n) is 3.05. The number of anilines is 2. The average molecular weight is 394 g/mol. The van der Waals surface area contributed by atoms with Gasteiger partial charge in [0.1, 0.15) is 28.7 Å². The van der Waals surface area contributed by atoms with Crippen LogP contribution >= 0.6 is 0 Å². The van der Waals surface area contributed by atoms with E-state index in [2.05, 4.69) is 22.1 Å². The minimum Gasteiger partial charge on any atom is -0.446 e. The first-order chi connectivity index (χ1) is 14.8. The van der Waals surface area contributed by atoms with E-state index in [1.54, 1.807) is 24.4 Å². The van der Waals surface area contributed by atoms with Crippen LogP contribution in [0.2, 0.25) is 0 Å². The largest absolute Gasteiger partial charge is 0.446 e. The van der Waals surface area contributed by atoms with E-state index >= 15 is 0 Å². The molecule has 6 heteroatoms. The second-order valence-electron chi connectivity index (χ2n) is 6.50. The van der Waals surface area contributed by atoms with Crippen molar-refractivity contribution in [3.63, 3.8) is 0 Å². The zero-order chi connectivity index (χ0) is 20.3. The van der Waals surface area contributed by atoms with Gasteiger partial charge in [0.2, 0.25) is 0 Å². The molecule has 1 N–H and O–H groups in total. The first kappa shape index (κ1) is 17.7. The molecule has 5 rings (SSSR count). The van der Waals surface area contributed by atoms with E-state index in [4.69, 9.17) is 9.40 Å². The third-order valence-corrected chi connectivity index (χ3v) is 4.45. The number of rotatable bonds is 3. The molecule has 144 valence electrons. The molecule has 0 aliphatic carbocycles. The summed E-state index contributed by atoms with van der Waals surface area (Å²) in [6.07, 6.45) is 3.60. The SMILES string of the molecule is Fc1ccc(Nc2c(-c3ccc(C#Cc4ccccn4)o3)nc3ccccn23)cc1. The van der Waals surface area contributed by atoms with Crippen LogP contribution in [-0.2, 0) is 0 Å². The Labute approximate surface area is 171 Å². The van der Waals surface area contributed by atoms with Crippen molar-refractivity contribution < 1.29 is 8.81 Å². The second kappa shape index (κ2) is 7.57. The molecule has 0 radical (unpaired) electrons. The van der Waals surface area contributed by atoms with Gasteiger partial charge in [0.05, 0.1) is 0 Å². The summed E-state index contributed by atoms with van der Waals surface area (Å²) >= 11 is 0. The quantitative estimate of drug-likeness (QED) is 0.424. The van der Waals surface area contributed by atoms with Crippen LogP contribution in [0, 0.1) is 17.7 Å². The molecule has 0 saturated heterocycles. The second-order valence-corrected chi connectivity index (χ2v) is 6.50. The van der Waals surface area contributed by atoms with Crippen molar-refractivity contribution in [2.75, 3.05) is 5.32 Å². The van der Waals surface area contributed by atoms with Gasteiger partial charge in [0, 0.05) is 18.1 Å². The highest BCUT2D eigenvalue weighted by molar-refractivity contribution is 5.77. The van der Waals surface area contributed by atoms with Gasteiger partial charge in [-0.2, -0.15) is 0 Å². The first-order valence-corrected chi connectivity index (χ1v) is 9.29. The highest BCUT2D eigenvalue weighted by Gasteiger charge is 2.17. The first-order valence-electron chi connectivity index (χ1n) is 9.29. The van der Waals surface area contributed by atoms with Crippen molar-refractivity contribution in [3.05, 3.63) is 102 Å². The van der Waals surface area contributed by atoms with Crippen LogP contribution in [-0.4, -0.2) is 14.4 Å². The molecule has 0 unspecified atom stereocenters. The van der Waals surface area contributed by atoms with E-state index in [1.165, 1.54) is 12.1 Å². The molecule has 5 nitrogen and oxygen atoms in total. The monoisotopic (exact) mass is 394 g/mol. The molecule has 0 fully saturated rings. The van der Waals surface area contributed by atoms with Crippen LogP contribution in [0.4, 0.5) is 15.9 Å². The Morgan fingerprint density at radius 2 is 1.77 bits per heavy atom. The van der Waals surface area contributed by atoms with Gasteiger partial charge in [-0.15, -0.1) is 0 Å². The lowest BCUT2D eigenvalue weighted by atomic mass is 10.3. The van der Waals surface area contributed by atoms with Gasteiger partial charge in [0.25, 0.3) is 0 Å². The van der Waals surface area contributed by atoms with Crippen molar-refractivity contribution in [1.82, 2.24) is 14.4 Å². The number of hydrogen-bond acceptors (Lipinski definition) is 4. The van der Waals surface area contributed by atoms with Crippen molar-refractivity contribution >= 4 is 17.2 Å². The molecular formula is C24H15FN4O. The number of pyridine rings is 2. The number of nitrogens with zero attached hydrogens (tertiary/aromatic N) is 3. The summed E-state index contributed by atoms with van der Waals surface area (Å²) in [7, 11) is 0. The third-order valence-electron chi connectivity index (χ3n) is 4.45. The van der Waals surface area contributed by atoms with E-state index in [-0.39, 0.29) is 5.82 Å². The summed E-state index contributed by atoms with van der Waals surface area (Å²) in [6.45, 7) is 0. The predicted molar refractivity (Wildman–Crippen MR) is 113 cm³/mol. The molecule has 0 saturated carbocycles. The number of halogens is 1. The molecule has 30 heavy (non-hydrogen) atoms. The standard InChI is InChI=1S/C24H15FN4O/c25-17-7-9-19(10-8-17)27-24-23(28-22-6-2-4-16-29(22)24)21-14-13-20(30-21)12-11-18-5-1-3-15-26-18/h1-10,13-16,27H. The molecule has 4 aromatic heterocycles. The lowest BCUT2D eigenvalue weighted by Crippen LogP contribution is -1.96. The van der Waals surface area contributed by atoms with Gasteiger partial charge in [0.15, 0.2) is 11.5 Å². The van der Waals surface area contributed by atoms with E-state index in [9.17, 15) is 4.39 Å². The summed E-state index contributed by atoms with van der Waals surface area (Å²) in [5.74, 6) is 7.48. The molecule has 0 amide bonds. The Morgan fingerprint density at radius 3 is 2.60 bits per heavy atom. The average Bonchev–Trinajstić information content (AvgIpc) is 3.39. The Kier molecular flexibility index (Phi) is 4.47. The number of fused-ring (bicyclic) bond motifs is 1. The number of furan rings is 1. The van der Waals surface area contributed by atoms with E-state index in [0.717, 1.165) is 17.2 Å². The fraction of sp³-hybridized carbons (Fsp3) is 0. The molecule has 4 heterocycles. The van der Waals surface area contributed by atoms with Gasteiger partial charge >= 0.3 is 0 Å². The highest BCUT2D eigenvalue weighted by atomic mass is 19.1. The Balaban J connectivity index is 1.54. The Hall–Kier alpha value is -4.37. The van der Waals surface area contributed by atoms with E-state index in [0.29, 0.717) is 22.9 Å². The maximum atomic E-state index is 13.3. The van der Waals surface area contributed by atoms with Crippen molar-refractivity contribution in [2.45, 2.75) is 0 Å². The topological polar surface area (TPSA) is 55.4 Å². The van der Waals surface area contributed by atoms with Crippen LogP contribution in [0.25, 0.3) is 17.1 Å². The summed E-state index contributed by atoms with van der Waals surface area (Å²) < 4.78 is 21.1. The molecule has 5 aromatic rings. The maximum absolute atomic E-state index is 13.3. The van der Waals surface area contributed by atoms with Crippen LogP contribution in [0.1, 0.15) is 11.5 Å². The van der Waals surface area contributed by atoms with E-state index in [1.807, 2.05) is 53.1 Å². The third kappa shape index (κ3) is 3.52. The van der Waals surface area contributed by atoms with Crippen LogP contribution in [0.15, 0.2) is 89.6 Å². The molecule has 0 aliphatic heterocycles. The van der Waals surface area contributed by atoms with E-state index < -0.39 is 0 Å². The smallest absolute Gasteiger partial charge is 0.178 e. The zero-order valence-corrected chi connectivity index (χ0v) is 15.7. The molecular weight excluding hydrogens is 379 g/mol. The molecule has 0 aliphatic rings. The van der Waals surface area contributed by atoms with Gasteiger partial charge < -0.3 is 9.73 Å². The van der Waals surface area contributed by atoms with Gasteiger partial charge in [-0.05, 0) is 72.5 Å². The van der Waals surface area contributed by atoms with Gasteiger partial charge in [-0.1, -0.05) is 12.1 Å². The molecule has 0 bridgehead atoms. The minimum absolute atomic E-state index is 0.291. The maximum Gasteiger partial charge on any atom is 0.178 e. The molecule has 1 aromatic carbocycles. The Morgan fingerprint density at radius 1 is 0.900 bits per heavy atom. The predicted octanol–water partition coefficient (Wildman–Crippen LogP) is 5.27. The zero-order valence-electron chi connectivity index (χ0n) is 15.7. The van der Waals surface area contributed by atoms with Crippen molar-refractivity contribution in [3.8, 4) is 23.3 Å². The van der Waals surface area contributed by atoms with Crippen LogP contribution in [0.3, 0.4) is 0 Å². The summed E-state index contributed by atoms with van der Waals surface area (Å²) in [5.41, 5.74) is 2.80. The minimum atomic E-state index is -0.291. The van der Waals surface area contributed by atoms with Gasteiger partial charge in [-0.25, -0.2) is 14.4 Å². The van der Waals surface area contributed by atoms with Gasteiger partial charge in [-0.3, -0.25) is 4.40 Å². The van der Waals surface area contributed by atoms with Crippen LogP contribution in [0.5, 0.6) is 0 Å². The molecule has 0 atom stereocenters. The van der Waals surface area contributed by atoms with Crippen molar-refractivity contribution in [2.24, 2.45) is 0 Å². The molecule has 0 spiro atoms. The fourth-order valence-corrected chi connectivity index (χ4v) is 3.05. The number of hydrogen-bond donors (Lipinski definition) is 1. The number of nitrogens with one attached hydrogen (secondary N) is 1. The van der Waals surface area contributed by atoms with Crippen molar-refractivity contribution in [1.29, 1.82) is 0 Å². The number of aromatic nitrogens is 3. The normalized spacial score (nSPS) is 10.6. The van der Waals surface area contributed by atoms with Crippen LogP contribution < -0.4 is 5.32 Å². The summed E-state index contributed by atoms with van der Waals surface area (Å²) in [5, 5.41) is 3.32. The number of benzene rings is 1. The lowest BCUT2D eigenvalue weighted by Gasteiger charge is -2.07. The summed E-state index contributed by atoms with van der Waals surface area (Å²) in [6, 6.07) is 21.1. The summed E-state index contributed by atoms with van der Waals surface area (Å²) in [4.78, 5) is 8.89. The number of imidazole rings is 1. The highest BCUT2D eigenvalue weighted by Crippen LogP contribution is 2.32. The lowest BCUT2D eigenvalue weighted by molar-refractivity contribution is 0.567. The Bertz CT molecular complexity index is 1380.